The van der Waals surface area contributed by atoms with Crippen LogP contribution in [0.15, 0.2) is 65.1 Å². The van der Waals surface area contributed by atoms with Gasteiger partial charge in [0.2, 0.25) is 0 Å². The molecule has 3 N–H and O–H groups in total. The summed E-state index contributed by atoms with van der Waals surface area (Å²) in [6.07, 6.45) is -0.662. The number of carbonyl (C=O) groups is 1. The molecular weight excluding hydrogens is 478 g/mol. The molecule has 0 radical (unpaired) electrons. The summed E-state index contributed by atoms with van der Waals surface area (Å²) >= 11 is 3.26. The van der Waals surface area contributed by atoms with Crippen LogP contribution in [0.1, 0.15) is 34.5 Å². The van der Waals surface area contributed by atoms with Crippen LogP contribution in [0.2, 0.25) is 0 Å². The SMILES string of the molecule is COc1ccc(NCc2ccc(C(=O)Nc3cc(Br)ccc3[N+](=O)[O-])cc2)cc1C(C)O. The number of carbonyl (C=O) groups excluding carboxylic acids is 1. The van der Waals surface area contributed by atoms with E-state index in [1.54, 1.807) is 50.4 Å². The van der Waals surface area contributed by atoms with Gasteiger partial charge in [0.15, 0.2) is 0 Å². The molecule has 0 spiro atoms. The van der Waals surface area contributed by atoms with E-state index in [0.29, 0.717) is 27.9 Å². The minimum Gasteiger partial charge on any atom is -0.496 e. The van der Waals surface area contributed by atoms with Crippen molar-refractivity contribution >= 4 is 38.9 Å². The van der Waals surface area contributed by atoms with Crippen molar-refractivity contribution in [3.63, 3.8) is 0 Å². The molecule has 3 rings (SSSR count). The van der Waals surface area contributed by atoms with Crippen molar-refractivity contribution in [1.29, 1.82) is 0 Å². The highest BCUT2D eigenvalue weighted by Gasteiger charge is 2.17. The number of nitrogens with zero attached hydrogens (tertiary/aromatic N) is 1. The van der Waals surface area contributed by atoms with Crippen LogP contribution in [0.5, 0.6) is 5.75 Å². The van der Waals surface area contributed by atoms with Gasteiger partial charge in [0.05, 0.1) is 18.1 Å². The van der Waals surface area contributed by atoms with E-state index in [1.165, 1.54) is 12.1 Å². The molecule has 0 saturated heterocycles. The van der Waals surface area contributed by atoms with E-state index < -0.39 is 16.9 Å². The number of aliphatic hydroxyl groups is 1. The second kappa shape index (κ2) is 10.3. The molecule has 0 aromatic heterocycles. The maximum absolute atomic E-state index is 12.6. The predicted octanol–water partition coefficient (Wildman–Crippen LogP) is 5.28. The monoisotopic (exact) mass is 499 g/mol. The molecule has 0 heterocycles. The molecular formula is C23H22BrN3O5. The minimum atomic E-state index is -0.662. The van der Waals surface area contributed by atoms with Crippen molar-refractivity contribution < 1.29 is 19.6 Å². The Kier molecular flexibility index (Phi) is 7.45. The first-order chi connectivity index (χ1) is 15.3. The number of rotatable bonds is 8. The molecule has 166 valence electrons. The third-order valence-corrected chi connectivity index (χ3v) is 5.29. The molecule has 32 heavy (non-hydrogen) atoms. The van der Waals surface area contributed by atoms with Crippen molar-refractivity contribution in [2.24, 2.45) is 0 Å². The summed E-state index contributed by atoms with van der Waals surface area (Å²) in [5, 5.41) is 27.0. The number of ether oxygens (including phenoxy) is 1. The van der Waals surface area contributed by atoms with Gasteiger partial charge in [-0.1, -0.05) is 28.1 Å². The normalized spacial score (nSPS) is 11.5. The Morgan fingerprint density at radius 3 is 2.50 bits per heavy atom. The summed E-state index contributed by atoms with van der Waals surface area (Å²) in [5.41, 5.74) is 2.76. The van der Waals surface area contributed by atoms with E-state index in [9.17, 15) is 20.0 Å². The van der Waals surface area contributed by atoms with Gasteiger partial charge in [-0.15, -0.1) is 0 Å². The predicted molar refractivity (Wildman–Crippen MR) is 126 cm³/mol. The van der Waals surface area contributed by atoms with Crippen molar-refractivity contribution in [2.45, 2.75) is 19.6 Å². The van der Waals surface area contributed by atoms with Gasteiger partial charge in [0.1, 0.15) is 11.4 Å². The summed E-state index contributed by atoms with van der Waals surface area (Å²) in [5.74, 6) is 0.175. The number of nitrogens with one attached hydrogen (secondary N) is 2. The number of amides is 1. The second-order valence-corrected chi connectivity index (χ2v) is 7.97. The molecule has 9 heteroatoms. The van der Waals surface area contributed by atoms with Crippen molar-refractivity contribution in [3.8, 4) is 5.75 Å². The number of nitro groups is 1. The molecule has 1 unspecified atom stereocenters. The third-order valence-electron chi connectivity index (χ3n) is 4.80. The maximum atomic E-state index is 12.6. The lowest BCUT2D eigenvalue weighted by molar-refractivity contribution is -0.383. The summed E-state index contributed by atoms with van der Waals surface area (Å²) in [4.78, 5) is 23.2. The first-order valence-electron chi connectivity index (χ1n) is 9.72. The molecule has 1 amide bonds. The zero-order valence-corrected chi connectivity index (χ0v) is 19.0. The Morgan fingerprint density at radius 2 is 1.88 bits per heavy atom. The van der Waals surface area contributed by atoms with Crippen LogP contribution in [0, 0.1) is 10.1 Å². The number of aliphatic hydroxyl groups excluding tert-OH is 1. The van der Waals surface area contributed by atoms with Crippen LogP contribution in [0.25, 0.3) is 0 Å². The Hall–Kier alpha value is -3.43. The van der Waals surface area contributed by atoms with Crippen molar-refractivity contribution in [3.05, 3.63) is 91.9 Å². The van der Waals surface area contributed by atoms with Crippen LogP contribution >= 0.6 is 15.9 Å². The van der Waals surface area contributed by atoms with Gasteiger partial charge in [-0.3, -0.25) is 14.9 Å². The van der Waals surface area contributed by atoms with E-state index in [-0.39, 0.29) is 11.4 Å². The van der Waals surface area contributed by atoms with E-state index >= 15 is 0 Å². The number of halogens is 1. The topological polar surface area (TPSA) is 114 Å². The molecule has 0 aliphatic heterocycles. The average molecular weight is 500 g/mol. The highest BCUT2D eigenvalue weighted by Crippen LogP contribution is 2.29. The number of anilines is 2. The van der Waals surface area contributed by atoms with Gasteiger partial charge in [-0.05, 0) is 55.0 Å². The fourth-order valence-electron chi connectivity index (χ4n) is 3.11. The Morgan fingerprint density at radius 1 is 1.16 bits per heavy atom. The average Bonchev–Trinajstić information content (AvgIpc) is 2.77. The Labute approximate surface area is 193 Å². The molecule has 0 saturated carbocycles. The molecule has 3 aromatic carbocycles. The number of methoxy groups -OCH3 is 1. The Bertz CT molecular complexity index is 1130. The van der Waals surface area contributed by atoms with E-state index in [4.69, 9.17) is 4.74 Å². The minimum absolute atomic E-state index is 0.119. The van der Waals surface area contributed by atoms with Crippen molar-refractivity contribution in [2.75, 3.05) is 17.7 Å². The van der Waals surface area contributed by atoms with Gasteiger partial charge < -0.3 is 20.5 Å². The largest absolute Gasteiger partial charge is 0.496 e. The standard InChI is InChI=1S/C23H22BrN3O5/c1-14(28)19-12-18(8-10-22(19)32-2)25-13-15-3-5-16(6-4-15)23(29)26-20-11-17(24)7-9-21(20)27(30)31/h3-12,14,25,28H,13H2,1-2H3,(H,26,29). The number of hydrogen-bond acceptors (Lipinski definition) is 6. The number of nitro benzene ring substituents is 1. The molecule has 0 aliphatic rings. The van der Waals surface area contributed by atoms with Crippen molar-refractivity contribution in [1.82, 2.24) is 0 Å². The zero-order chi connectivity index (χ0) is 23.3. The van der Waals surface area contributed by atoms with Gasteiger partial charge in [-0.25, -0.2) is 0 Å². The fourth-order valence-corrected chi connectivity index (χ4v) is 3.47. The van der Waals surface area contributed by atoms with E-state index in [2.05, 4.69) is 26.6 Å². The van der Waals surface area contributed by atoms with Crippen LogP contribution in [0.3, 0.4) is 0 Å². The van der Waals surface area contributed by atoms with Gasteiger partial charge in [0.25, 0.3) is 11.6 Å². The lowest BCUT2D eigenvalue weighted by Crippen LogP contribution is -2.13. The van der Waals surface area contributed by atoms with Gasteiger partial charge in [-0.2, -0.15) is 0 Å². The molecule has 0 fully saturated rings. The lowest BCUT2D eigenvalue weighted by Gasteiger charge is -2.14. The lowest BCUT2D eigenvalue weighted by atomic mass is 10.1. The highest BCUT2D eigenvalue weighted by atomic mass is 79.9. The molecule has 1 atom stereocenters. The van der Waals surface area contributed by atoms with Gasteiger partial charge in [0, 0.05) is 33.9 Å². The van der Waals surface area contributed by atoms with E-state index in [0.717, 1.165) is 11.3 Å². The smallest absolute Gasteiger partial charge is 0.292 e. The molecule has 0 bridgehead atoms. The van der Waals surface area contributed by atoms with Crippen LogP contribution < -0.4 is 15.4 Å². The zero-order valence-electron chi connectivity index (χ0n) is 17.5. The summed E-state index contributed by atoms with van der Waals surface area (Å²) in [6, 6.07) is 16.8. The van der Waals surface area contributed by atoms with E-state index in [1.807, 2.05) is 12.1 Å². The number of benzene rings is 3. The first kappa shape index (κ1) is 23.2. The Balaban J connectivity index is 1.67. The van der Waals surface area contributed by atoms with Crippen LogP contribution in [-0.2, 0) is 6.54 Å². The molecule has 0 aliphatic carbocycles. The summed E-state index contributed by atoms with van der Waals surface area (Å²) in [6.45, 7) is 2.18. The number of hydrogen-bond donors (Lipinski definition) is 3. The molecule has 3 aromatic rings. The fraction of sp³-hybridized carbons (Fsp3) is 0.174. The first-order valence-corrected chi connectivity index (χ1v) is 10.5. The second-order valence-electron chi connectivity index (χ2n) is 7.06. The van der Waals surface area contributed by atoms with Crippen LogP contribution in [0.4, 0.5) is 17.1 Å². The maximum Gasteiger partial charge on any atom is 0.292 e. The van der Waals surface area contributed by atoms with Crippen LogP contribution in [-0.4, -0.2) is 23.0 Å². The summed E-state index contributed by atoms with van der Waals surface area (Å²) < 4.78 is 5.89. The quantitative estimate of drug-likeness (QED) is 0.286. The van der Waals surface area contributed by atoms with Gasteiger partial charge >= 0.3 is 0 Å². The summed E-state index contributed by atoms with van der Waals surface area (Å²) in [7, 11) is 1.56. The molecule has 8 nitrogen and oxygen atoms in total. The third kappa shape index (κ3) is 5.63. The highest BCUT2D eigenvalue weighted by molar-refractivity contribution is 9.10.